The van der Waals surface area contributed by atoms with Crippen molar-refractivity contribution in [2.75, 3.05) is 25.6 Å². The van der Waals surface area contributed by atoms with Gasteiger partial charge in [0.25, 0.3) is 0 Å². The molecule has 2 unspecified atom stereocenters. The molecule has 1 rings (SSSR count). The molecule has 2 nitrogen and oxygen atoms in total. The molecule has 108 valence electrons. The normalized spacial score (nSPS) is 14.7. The first-order chi connectivity index (χ1) is 9.01. The predicted octanol–water partition coefficient (Wildman–Crippen LogP) is 3.04. The van der Waals surface area contributed by atoms with Crippen molar-refractivity contribution in [1.82, 2.24) is 4.90 Å². The second-order valence-electron chi connectivity index (χ2n) is 4.71. The van der Waals surface area contributed by atoms with Gasteiger partial charge in [0.2, 0.25) is 0 Å². The van der Waals surface area contributed by atoms with Gasteiger partial charge >= 0.3 is 0 Å². The molecule has 0 spiro atoms. The lowest BCUT2D eigenvalue weighted by molar-refractivity contribution is 0.182. The molecule has 0 radical (unpaired) electrons. The Labute approximate surface area is 118 Å². The van der Waals surface area contributed by atoms with Gasteiger partial charge in [-0.2, -0.15) is 11.8 Å². The molecule has 0 bridgehead atoms. The summed E-state index contributed by atoms with van der Waals surface area (Å²) in [5.41, 5.74) is 6.23. The highest BCUT2D eigenvalue weighted by molar-refractivity contribution is 7.98. The van der Waals surface area contributed by atoms with Gasteiger partial charge in [-0.05, 0) is 38.5 Å². The van der Waals surface area contributed by atoms with Gasteiger partial charge in [0, 0.05) is 30.3 Å². The molecule has 1 aromatic rings. The molecule has 1 aromatic carbocycles. The molecule has 5 heteroatoms. The standard InChI is InChI=1S/C14H22F2N2S/c1-10(6-7-19-3)18(2)14(9-17)12-5-4-11(15)8-13(12)16/h4-5,8,10,14H,6-7,9,17H2,1-3H3. The summed E-state index contributed by atoms with van der Waals surface area (Å²) >= 11 is 1.79. The lowest BCUT2D eigenvalue weighted by atomic mass is 10.0. The average molecular weight is 288 g/mol. The van der Waals surface area contributed by atoms with Gasteiger partial charge in [-0.15, -0.1) is 0 Å². The van der Waals surface area contributed by atoms with Crippen molar-refractivity contribution >= 4 is 11.8 Å². The van der Waals surface area contributed by atoms with Crippen molar-refractivity contribution in [3.8, 4) is 0 Å². The Balaban J connectivity index is 2.86. The highest BCUT2D eigenvalue weighted by atomic mass is 32.2. The van der Waals surface area contributed by atoms with Crippen LogP contribution < -0.4 is 5.73 Å². The van der Waals surface area contributed by atoms with E-state index < -0.39 is 11.6 Å². The minimum Gasteiger partial charge on any atom is -0.329 e. The van der Waals surface area contributed by atoms with E-state index in [1.807, 2.05) is 7.05 Å². The first kappa shape index (κ1) is 16.4. The third-order valence-electron chi connectivity index (χ3n) is 3.47. The summed E-state index contributed by atoms with van der Waals surface area (Å²) in [6, 6.07) is 3.75. The monoisotopic (exact) mass is 288 g/mol. The van der Waals surface area contributed by atoms with Crippen molar-refractivity contribution in [2.24, 2.45) is 5.73 Å². The Bertz CT molecular complexity index is 401. The number of benzene rings is 1. The number of rotatable bonds is 7. The number of likely N-dealkylation sites (N-methyl/N-ethyl adjacent to an activating group) is 1. The SMILES string of the molecule is CSCCC(C)N(C)C(CN)c1ccc(F)cc1F. The molecular formula is C14H22F2N2S. The second kappa shape index (κ2) is 7.82. The molecule has 0 amide bonds. The van der Waals surface area contributed by atoms with E-state index in [4.69, 9.17) is 5.73 Å². The van der Waals surface area contributed by atoms with E-state index in [1.165, 1.54) is 12.1 Å². The minimum absolute atomic E-state index is 0.225. The lowest BCUT2D eigenvalue weighted by Gasteiger charge is -2.33. The van der Waals surface area contributed by atoms with E-state index in [9.17, 15) is 8.78 Å². The fraction of sp³-hybridized carbons (Fsp3) is 0.571. The molecule has 2 N–H and O–H groups in total. The number of nitrogens with zero attached hydrogens (tertiary/aromatic N) is 1. The van der Waals surface area contributed by atoms with E-state index in [-0.39, 0.29) is 6.04 Å². The summed E-state index contributed by atoms with van der Waals surface area (Å²) in [6.07, 6.45) is 3.07. The first-order valence-electron chi connectivity index (χ1n) is 6.37. The van der Waals surface area contributed by atoms with Crippen LogP contribution >= 0.6 is 11.8 Å². The van der Waals surface area contributed by atoms with Gasteiger partial charge in [0.05, 0.1) is 0 Å². The van der Waals surface area contributed by atoms with Gasteiger partial charge in [-0.25, -0.2) is 8.78 Å². The maximum Gasteiger partial charge on any atom is 0.130 e. The van der Waals surface area contributed by atoms with E-state index in [1.54, 1.807) is 11.8 Å². The minimum atomic E-state index is -0.560. The zero-order chi connectivity index (χ0) is 14.4. The summed E-state index contributed by atoms with van der Waals surface area (Å²) in [4.78, 5) is 2.06. The molecular weight excluding hydrogens is 266 g/mol. The highest BCUT2D eigenvalue weighted by Crippen LogP contribution is 2.25. The number of hydrogen-bond donors (Lipinski definition) is 1. The molecule has 0 aliphatic rings. The zero-order valence-corrected chi connectivity index (χ0v) is 12.5. The quantitative estimate of drug-likeness (QED) is 0.836. The molecule has 0 saturated carbocycles. The summed E-state index contributed by atoms with van der Waals surface area (Å²) in [6.45, 7) is 2.41. The van der Waals surface area contributed by atoms with Crippen molar-refractivity contribution < 1.29 is 8.78 Å². The van der Waals surface area contributed by atoms with Crippen LogP contribution in [0.25, 0.3) is 0 Å². The van der Waals surface area contributed by atoms with Crippen LogP contribution in [0.4, 0.5) is 8.78 Å². The topological polar surface area (TPSA) is 29.3 Å². The van der Waals surface area contributed by atoms with Gasteiger partial charge in [-0.1, -0.05) is 6.07 Å². The fourth-order valence-electron chi connectivity index (χ4n) is 2.08. The summed E-state index contributed by atoms with van der Waals surface area (Å²) < 4.78 is 26.8. The smallest absolute Gasteiger partial charge is 0.130 e. The average Bonchev–Trinajstić information content (AvgIpc) is 2.38. The van der Waals surface area contributed by atoms with E-state index >= 15 is 0 Å². The largest absolute Gasteiger partial charge is 0.329 e. The number of hydrogen-bond acceptors (Lipinski definition) is 3. The Morgan fingerprint density at radius 3 is 2.58 bits per heavy atom. The Kier molecular flexibility index (Phi) is 6.75. The van der Waals surface area contributed by atoms with Crippen molar-refractivity contribution in [2.45, 2.75) is 25.4 Å². The van der Waals surface area contributed by atoms with Gasteiger partial charge in [-0.3, -0.25) is 4.90 Å². The van der Waals surface area contributed by atoms with E-state index in [0.717, 1.165) is 18.2 Å². The molecule has 0 heterocycles. The van der Waals surface area contributed by atoms with Crippen molar-refractivity contribution in [3.05, 3.63) is 35.4 Å². The van der Waals surface area contributed by atoms with E-state index in [2.05, 4.69) is 18.1 Å². The second-order valence-corrected chi connectivity index (χ2v) is 5.70. The summed E-state index contributed by atoms with van der Waals surface area (Å²) in [7, 11) is 1.94. The maximum atomic E-state index is 13.8. The van der Waals surface area contributed by atoms with Crippen LogP contribution in [-0.2, 0) is 0 Å². The lowest BCUT2D eigenvalue weighted by Crippen LogP contribution is -2.37. The van der Waals surface area contributed by atoms with Crippen molar-refractivity contribution in [1.29, 1.82) is 0 Å². The molecule has 0 aliphatic heterocycles. The van der Waals surface area contributed by atoms with Gasteiger partial charge < -0.3 is 5.73 Å². The third-order valence-corrected chi connectivity index (χ3v) is 4.12. The third kappa shape index (κ3) is 4.44. The summed E-state index contributed by atoms with van der Waals surface area (Å²) in [5.74, 6) is -0.0382. The molecule has 0 fully saturated rings. The van der Waals surface area contributed by atoms with Crippen LogP contribution in [0.2, 0.25) is 0 Å². The number of thioether (sulfide) groups is 1. The van der Waals surface area contributed by atoms with E-state index in [0.29, 0.717) is 18.2 Å². The van der Waals surface area contributed by atoms with Crippen LogP contribution in [0.3, 0.4) is 0 Å². The van der Waals surface area contributed by atoms with Crippen LogP contribution in [0, 0.1) is 11.6 Å². The Morgan fingerprint density at radius 1 is 1.37 bits per heavy atom. The predicted molar refractivity (Wildman–Crippen MR) is 78.4 cm³/mol. The Hall–Kier alpha value is -0.650. The molecule has 0 aromatic heterocycles. The number of halogens is 2. The van der Waals surface area contributed by atoms with Gasteiger partial charge in [0.1, 0.15) is 11.6 Å². The zero-order valence-electron chi connectivity index (χ0n) is 11.7. The Morgan fingerprint density at radius 2 is 2.05 bits per heavy atom. The first-order valence-corrected chi connectivity index (χ1v) is 7.76. The maximum absolute atomic E-state index is 13.8. The molecule has 2 atom stereocenters. The van der Waals surface area contributed by atoms with Crippen molar-refractivity contribution in [3.63, 3.8) is 0 Å². The van der Waals surface area contributed by atoms with Gasteiger partial charge in [0.15, 0.2) is 0 Å². The number of nitrogens with two attached hydrogens (primary N) is 1. The van der Waals surface area contributed by atoms with Crippen LogP contribution in [-0.4, -0.2) is 36.5 Å². The van der Waals surface area contributed by atoms with Crippen LogP contribution in [0.5, 0.6) is 0 Å². The molecule has 0 aliphatic carbocycles. The molecule has 0 saturated heterocycles. The highest BCUT2D eigenvalue weighted by Gasteiger charge is 2.22. The van der Waals surface area contributed by atoms with Crippen LogP contribution in [0.15, 0.2) is 18.2 Å². The molecule has 19 heavy (non-hydrogen) atoms. The summed E-state index contributed by atoms with van der Waals surface area (Å²) in [5, 5.41) is 0. The van der Waals surface area contributed by atoms with Crippen LogP contribution in [0.1, 0.15) is 24.9 Å². The fourth-order valence-corrected chi connectivity index (χ4v) is 2.66.